The number of amides is 2. The number of hydrogen-bond acceptors (Lipinski definition) is 8. The van der Waals surface area contributed by atoms with Gasteiger partial charge in [0.1, 0.15) is 29.9 Å². The van der Waals surface area contributed by atoms with Crippen LogP contribution in [0.5, 0.6) is 5.75 Å². The molecule has 13 heteroatoms. The minimum atomic E-state index is -1.35. The molecule has 1 aromatic rings. The van der Waals surface area contributed by atoms with Crippen LogP contribution in [0, 0.1) is 0 Å². The smallest absolute Gasteiger partial charge is 0.339 e. The van der Waals surface area contributed by atoms with Gasteiger partial charge in [-0.1, -0.05) is 6.07 Å². The molecule has 30 heavy (non-hydrogen) atoms. The van der Waals surface area contributed by atoms with E-state index in [0.29, 0.717) is 0 Å². The number of hydrogen-bond donors (Lipinski definition) is 7. The van der Waals surface area contributed by atoms with E-state index in [1.54, 1.807) is 0 Å². The second-order valence-electron chi connectivity index (χ2n) is 5.98. The Morgan fingerprint density at radius 2 is 1.77 bits per heavy atom. The highest BCUT2D eigenvalue weighted by atomic mass is 32.2. The lowest BCUT2D eigenvalue weighted by molar-refractivity contribution is -0.139. The Labute approximate surface area is 174 Å². The third kappa shape index (κ3) is 7.97. The zero-order valence-corrected chi connectivity index (χ0v) is 16.3. The lowest BCUT2D eigenvalue weighted by Crippen LogP contribution is -2.49. The van der Waals surface area contributed by atoms with E-state index in [2.05, 4.69) is 10.6 Å². The van der Waals surface area contributed by atoms with Crippen molar-refractivity contribution in [1.82, 2.24) is 10.6 Å². The maximum absolute atomic E-state index is 12.2. The SMILES string of the molecule is NC(CCC(=O)NC(CSc1cccc(C(=O)O)c1O)C(=O)NCC(=O)O)C(=O)O. The largest absolute Gasteiger partial charge is 0.506 e. The molecule has 0 bridgehead atoms. The van der Waals surface area contributed by atoms with E-state index in [4.69, 9.17) is 21.1 Å². The summed E-state index contributed by atoms with van der Waals surface area (Å²) in [5.41, 5.74) is 4.97. The highest BCUT2D eigenvalue weighted by Gasteiger charge is 2.24. The monoisotopic (exact) mass is 443 g/mol. The van der Waals surface area contributed by atoms with E-state index >= 15 is 0 Å². The third-order valence-electron chi connectivity index (χ3n) is 3.70. The molecule has 0 radical (unpaired) electrons. The molecular weight excluding hydrogens is 422 g/mol. The number of aromatic hydroxyl groups is 1. The van der Waals surface area contributed by atoms with Crippen LogP contribution < -0.4 is 16.4 Å². The van der Waals surface area contributed by atoms with Gasteiger partial charge in [-0.25, -0.2) is 4.79 Å². The number of aromatic carboxylic acids is 1. The first-order valence-corrected chi connectivity index (χ1v) is 9.46. The number of aliphatic carboxylic acids is 2. The fourth-order valence-electron chi connectivity index (χ4n) is 2.13. The van der Waals surface area contributed by atoms with Crippen molar-refractivity contribution in [3.05, 3.63) is 23.8 Å². The molecule has 0 aliphatic heterocycles. The van der Waals surface area contributed by atoms with Gasteiger partial charge in [-0.2, -0.15) is 0 Å². The zero-order chi connectivity index (χ0) is 22.8. The molecule has 0 aromatic heterocycles. The van der Waals surface area contributed by atoms with Gasteiger partial charge in [0, 0.05) is 12.2 Å². The van der Waals surface area contributed by atoms with Crippen molar-refractivity contribution in [3.63, 3.8) is 0 Å². The molecular formula is C17H21N3O9S. The summed E-state index contributed by atoms with van der Waals surface area (Å²) in [6, 6.07) is 1.48. The topological polar surface area (TPSA) is 216 Å². The van der Waals surface area contributed by atoms with Crippen LogP contribution in [-0.2, 0) is 19.2 Å². The summed E-state index contributed by atoms with van der Waals surface area (Å²) in [5, 5.41) is 41.0. The normalized spacial score (nSPS) is 12.4. The lowest BCUT2D eigenvalue weighted by Gasteiger charge is -2.18. The molecule has 2 unspecified atom stereocenters. The van der Waals surface area contributed by atoms with Gasteiger partial charge < -0.3 is 36.8 Å². The van der Waals surface area contributed by atoms with Gasteiger partial charge in [-0.3, -0.25) is 19.2 Å². The van der Waals surface area contributed by atoms with Crippen molar-refractivity contribution in [2.45, 2.75) is 29.8 Å². The van der Waals surface area contributed by atoms with Crippen molar-refractivity contribution >= 4 is 41.5 Å². The van der Waals surface area contributed by atoms with E-state index in [-0.39, 0.29) is 29.1 Å². The quantitative estimate of drug-likeness (QED) is 0.196. The first-order chi connectivity index (χ1) is 14.0. The third-order valence-corrected chi connectivity index (χ3v) is 4.84. The Hall–Kier alpha value is -3.32. The average Bonchev–Trinajstić information content (AvgIpc) is 2.67. The predicted octanol–water partition coefficient (Wildman–Crippen LogP) is -0.940. The van der Waals surface area contributed by atoms with Crippen molar-refractivity contribution in [2.24, 2.45) is 5.73 Å². The summed E-state index contributed by atoms with van der Waals surface area (Å²) in [6.45, 7) is -0.695. The van der Waals surface area contributed by atoms with Crippen LogP contribution >= 0.6 is 11.8 Å². The molecule has 8 N–H and O–H groups in total. The van der Waals surface area contributed by atoms with Crippen molar-refractivity contribution in [2.75, 3.05) is 12.3 Å². The first-order valence-electron chi connectivity index (χ1n) is 8.48. The molecule has 0 aliphatic rings. The van der Waals surface area contributed by atoms with Crippen LogP contribution in [0.15, 0.2) is 23.1 Å². The van der Waals surface area contributed by atoms with Crippen LogP contribution in [0.3, 0.4) is 0 Å². The molecule has 164 valence electrons. The summed E-state index contributed by atoms with van der Waals surface area (Å²) in [6.07, 6.45) is -0.472. The molecule has 1 aromatic carbocycles. The van der Waals surface area contributed by atoms with Gasteiger partial charge >= 0.3 is 17.9 Å². The summed E-state index contributed by atoms with van der Waals surface area (Å²) in [7, 11) is 0. The molecule has 0 saturated heterocycles. The van der Waals surface area contributed by atoms with Gasteiger partial charge in [-0.15, -0.1) is 11.8 Å². The van der Waals surface area contributed by atoms with E-state index in [1.807, 2.05) is 0 Å². The molecule has 12 nitrogen and oxygen atoms in total. The number of carbonyl (C=O) groups is 5. The highest BCUT2D eigenvalue weighted by Crippen LogP contribution is 2.31. The lowest BCUT2D eigenvalue weighted by atomic mass is 10.1. The number of phenols is 1. The zero-order valence-electron chi connectivity index (χ0n) is 15.5. The van der Waals surface area contributed by atoms with E-state index in [1.165, 1.54) is 18.2 Å². The van der Waals surface area contributed by atoms with E-state index in [0.717, 1.165) is 11.8 Å². The fourth-order valence-corrected chi connectivity index (χ4v) is 3.13. The number of benzene rings is 1. The minimum Gasteiger partial charge on any atom is -0.506 e. The first kappa shape index (κ1) is 24.7. The van der Waals surface area contributed by atoms with E-state index in [9.17, 15) is 29.1 Å². The number of rotatable bonds is 12. The minimum absolute atomic E-state index is 0.132. The molecule has 2 amide bonds. The molecule has 1 rings (SSSR count). The van der Waals surface area contributed by atoms with Gasteiger partial charge in [0.15, 0.2) is 0 Å². The van der Waals surface area contributed by atoms with Crippen LogP contribution in [0.25, 0.3) is 0 Å². The summed E-state index contributed by atoms with van der Waals surface area (Å²) in [5.74, 6) is -6.14. The maximum atomic E-state index is 12.2. The Morgan fingerprint density at radius 3 is 2.33 bits per heavy atom. The second kappa shape index (κ2) is 11.6. The predicted molar refractivity (Wildman–Crippen MR) is 103 cm³/mol. The van der Waals surface area contributed by atoms with Crippen LogP contribution in [-0.4, -0.2) is 74.5 Å². The molecule has 0 aliphatic carbocycles. The number of nitrogens with one attached hydrogen (secondary N) is 2. The molecule has 0 saturated carbocycles. The standard InChI is InChI=1S/C17H21N3O9S/c18-9(17(28)29)4-5-12(21)20-10(15(25)19-6-13(22)23)7-30-11-3-1-2-8(14(11)24)16(26)27/h1-3,9-10,24H,4-7,18H2,(H,19,25)(H,20,21)(H,22,23)(H,26,27)(H,28,29). The number of carboxylic acids is 3. The van der Waals surface area contributed by atoms with E-state index < -0.39 is 54.1 Å². The molecule has 2 atom stereocenters. The van der Waals surface area contributed by atoms with Crippen LogP contribution in [0.2, 0.25) is 0 Å². The Bertz CT molecular complexity index is 831. The fraction of sp³-hybridized carbons (Fsp3) is 0.353. The highest BCUT2D eigenvalue weighted by molar-refractivity contribution is 7.99. The number of carboxylic acid groups (broad SMARTS) is 3. The molecule has 0 spiro atoms. The summed E-state index contributed by atoms with van der Waals surface area (Å²) < 4.78 is 0. The van der Waals surface area contributed by atoms with Crippen molar-refractivity contribution in [1.29, 1.82) is 0 Å². The van der Waals surface area contributed by atoms with Crippen LogP contribution in [0.1, 0.15) is 23.2 Å². The average molecular weight is 443 g/mol. The summed E-state index contributed by atoms with van der Waals surface area (Å²) >= 11 is 0.865. The Balaban J connectivity index is 2.86. The Morgan fingerprint density at radius 1 is 1.10 bits per heavy atom. The van der Waals surface area contributed by atoms with Gasteiger partial charge in [0.05, 0.1) is 4.90 Å². The number of nitrogens with two attached hydrogens (primary N) is 1. The number of thioether (sulfide) groups is 1. The second-order valence-corrected chi connectivity index (χ2v) is 7.05. The molecule has 0 fully saturated rings. The number of carbonyl (C=O) groups excluding carboxylic acids is 2. The van der Waals surface area contributed by atoms with Crippen LogP contribution in [0.4, 0.5) is 0 Å². The van der Waals surface area contributed by atoms with Gasteiger partial charge in [0.2, 0.25) is 11.8 Å². The summed E-state index contributed by atoms with van der Waals surface area (Å²) in [4.78, 5) is 56.9. The number of para-hydroxylation sites is 1. The van der Waals surface area contributed by atoms with Crippen molar-refractivity contribution in [3.8, 4) is 5.75 Å². The Kier molecular flexibility index (Phi) is 9.58. The molecule has 0 heterocycles. The van der Waals surface area contributed by atoms with Crippen molar-refractivity contribution < 1.29 is 44.4 Å². The van der Waals surface area contributed by atoms with Gasteiger partial charge in [0.25, 0.3) is 0 Å². The maximum Gasteiger partial charge on any atom is 0.339 e. The van der Waals surface area contributed by atoms with Gasteiger partial charge in [-0.05, 0) is 18.6 Å².